The van der Waals surface area contributed by atoms with Crippen LogP contribution in [0.2, 0.25) is 0 Å². The summed E-state index contributed by atoms with van der Waals surface area (Å²) in [6.07, 6.45) is 2.80. The minimum atomic E-state index is -0.780. The van der Waals surface area contributed by atoms with Crippen LogP contribution in [-0.4, -0.2) is 36.4 Å². The molecule has 1 saturated heterocycles. The smallest absolute Gasteiger partial charge is 0.311 e. The van der Waals surface area contributed by atoms with Crippen LogP contribution in [0, 0.1) is 23.2 Å². The Kier molecular flexibility index (Phi) is 2.49. The fourth-order valence-electron chi connectivity index (χ4n) is 3.84. The summed E-state index contributed by atoms with van der Waals surface area (Å²) in [7, 11) is 0. The Balaban J connectivity index is 1.62. The van der Waals surface area contributed by atoms with E-state index in [1.54, 1.807) is 13.8 Å². The maximum Gasteiger partial charge on any atom is 0.311 e. The minimum absolute atomic E-state index is 0.248. The molecular formula is C13H21NO3. The van der Waals surface area contributed by atoms with Crippen molar-refractivity contribution in [2.75, 3.05) is 13.2 Å². The molecule has 2 aliphatic carbocycles. The topological polar surface area (TPSA) is 58.6 Å². The summed E-state index contributed by atoms with van der Waals surface area (Å²) in [5.74, 6) is 1.53. The van der Waals surface area contributed by atoms with Crippen LogP contribution in [0.4, 0.5) is 0 Å². The predicted octanol–water partition coefficient (Wildman–Crippen LogP) is 1.11. The molecule has 0 aromatic carbocycles. The number of fused-ring (bicyclic) bond motifs is 1. The molecule has 2 saturated carbocycles. The van der Waals surface area contributed by atoms with Gasteiger partial charge >= 0.3 is 5.97 Å². The fraction of sp³-hybridized carbons (Fsp3) is 0.923. The number of aliphatic carboxylic acids is 1. The Morgan fingerprint density at radius 1 is 1.41 bits per heavy atom. The zero-order valence-corrected chi connectivity index (χ0v) is 10.5. The van der Waals surface area contributed by atoms with Gasteiger partial charge in [-0.25, -0.2) is 0 Å². The third-order valence-corrected chi connectivity index (χ3v) is 4.90. The molecule has 1 aliphatic heterocycles. The molecule has 0 radical (unpaired) electrons. The molecule has 4 nitrogen and oxygen atoms in total. The SMILES string of the molecule is CC(C)(COC1C2CC3CNC1C3C2)C(=O)O. The summed E-state index contributed by atoms with van der Waals surface area (Å²) in [5.41, 5.74) is -0.778. The van der Waals surface area contributed by atoms with E-state index in [9.17, 15) is 4.79 Å². The molecule has 3 aliphatic rings. The minimum Gasteiger partial charge on any atom is -0.481 e. The third-order valence-electron chi connectivity index (χ3n) is 4.90. The largest absolute Gasteiger partial charge is 0.481 e. The van der Waals surface area contributed by atoms with Gasteiger partial charge in [-0.3, -0.25) is 4.79 Å². The molecule has 0 aromatic rings. The van der Waals surface area contributed by atoms with E-state index < -0.39 is 11.4 Å². The standard InChI is InChI=1S/C13H21NO3/c1-13(2,12(15)16)6-17-11-7-3-8-5-14-10(11)9(8)4-7/h7-11,14H,3-6H2,1-2H3,(H,15,16). The molecule has 0 aromatic heterocycles. The Morgan fingerprint density at radius 3 is 2.88 bits per heavy atom. The maximum atomic E-state index is 11.0. The van der Waals surface area contributed by atoms with Gasteiger partial charge in [-0.1, -0.05) is 0 Å². The summed E-state index contributed by atoms with van der Waals surface area (Å²) in [6.45, 7) is 4.91. The van der Waals surface area contributed by atoms with Gasteiger partial charge < -0.3 is 15.2 Å². The molecule has 2 bridgehead atoms. The van der Waals surface area contributed by atoms with E-state index in [0.717, 1.165) is 18.4 Å². The zero-order valence-electron chi connectivity index (χ0n) is 10.5. The second kappa shape index (κ2) is 3.69. The van der Waals surface area contributed by atoms with Crippen molar-refractivity contribution in [3.8, 4) is 0 Å². The summed E-state index contributed by atoms with van der Waals surface area (Å²) in [4.78, 5) is 11.0. The van der Waals surface area contributed by atoms with Gasteiger partial charge in [0.15, 0.2) is 0 Å². The van der Waals surface area contributed by atoms with E-state index in [1.165, 1.54) is 12.8 Å². The van der Waals surface area contributed by atoms with Gasteiger partial charge in [-0.15, -0.1) is 0 Å². The van der Waals surface area contributed by atoms with Crippen molar-refractivity contribution in [3.05, 3.63) is 0 Å². The monoisotopic (exact) mass is 239 g/mol. The van der Waals surface area contributed by atoms with Crippen molar-refractivity contribution in [1.29, 1.82) is 0 Å². The highest BCUT2D eigenvalue weighted by molar-refractivity contribution is 5.73. The van der Waals surface area contributed by atoms with E-state index in [2.05, 4.69) is 5.32 Å². The van der Waals surface area contributed by atoms with E-state index in [1.807, 2.05) is 0 Å². The number of carboxylic acids is 1. The van der Waals surface area contributed by atoms with E-state index in [-0.39, 0.29) is 6.10 Å². The summed E-state index contributed by atoms with van der Waals surface area (Å²) < 4.78 is 5.95. The highest BCUT2D eigenvalue weighted by Crippen LogP contribution is 2.52. The maximum absolute atomic E-state index is 11.0. The Morgan fingerprint density at radius 2 is 2.18 bits per heavy atom. The summed E-state index contributed by atoms with van der Waals surface area (Å²) in [6, 6.07) is 0.489. The van der Waals surface area contributed by atoms with Crippen LogP contribution < -0.4 is 5.32 Å². The second-order valence-corrected chi connectivity index (χ2v) is 6.55. The lowest BCUT2D eigenvalue weighted by molar-refractivity contribution is -0.152. The van der Waals surface area contributed by atoms with Crippen LogP contribution >= 0.6 is 0 Å². The number of hydrogen-bond donors (Lipinski definition) is 2. The predicted molar refractivity (Wildman–Crippen MR) is 62.7 cm³/mol. The van der Waals surface area contributed by atoms with Gasteiger partial charge in [-0.05, 0) is 51.0 Å². The molecule has 17 heavy (non-hydrogen) atoms. The van der Waals surface area contributed by atoms with Gasteiger partial charge in [0.2, 0.25) is 0 Å². The quantitative estimate of drug-likeness (QED) is 0.771. The van der Waals surface area contributed by atoms with Crippen molar-refractivity contribution in [2.24, 2.45) is 23.2 Å². The highest BCUT2D eigenvalue weighted by atomic mass is 16.5. The number of nitrogens with one attached hydrogen (secondary N) is 1. The van der Waals surface area contributed by atoms with Crippen LogP contribution in [0.5, 0.6) is 0 Å². The molecule has 0 amide bonds. The van der Waals surface area contributed by atoms with Crippen LogP contribution in [0.3, 0.4) is 0 Å². The first-order valence-electron chi connectivity index (χ1n) is 6.57. The van der Waals surface area contributed by atoms with Crippen LogP contribution in [-0.2, 0) is 9.53 Å². The summed E-state index contributed by atoms with van der Waals surface area (Å²) >= 11 is 0. The number of carboxylic acid groups (broad SMARTS) is 1. The highest BCUT2D eigenvalue weighted by Gasteiger charge is 2.56. The molecular weight excluding hydrogens is 218 g/mol. The molecule has 96 valence electrons. The molecule has 4 heteroatoms. The lowest BCUT2D eigenvalue weighted by atomic mass is 9.87. The zero-order chi connectivity index (χ0) is 12.2. The second-order valence-electron chi connectivity index (χ2n) is 6.55. The van der Waals surface area contributed by atoms with Gasteiger partial charge in [0.1, 0.15) is 0 Å². The van der Waals surface area contributed by atoms with Crippen molar-refractivity contribution in [1.82, 2.24) is 5.32 Å². The van der Waals surface area contributed by atoms with Crippen molar-refractivity contribution < 1.29 is 14.6 Å². The number of rotatable bonds is 4. The van der Waals surface area contributed by atoms with Gasteiger partial charge in [-0.2, -0.15) is 0 Å². The third kappa shape index (κ3) is 1.69. The lowest BCUT2D eigenvalue weighted by Crippen LogP contribution is -2.42. The van der Waals surface area contributed by atoms with Crippen LogP contribution in [0.15, 0.2) is 0 Å². The Hall–Kier alpha value is -0.610. The van der Waals surface area contributed by atoms with Crippen molar-refractivity contribution in [3.63, 3.8) is 0 Å². The molecule has 1 heterocycles. The number of carbonyl (C=O) groups is 1. The molecule has 5 unspecified atom stereocenters. The van der Waals surface area contributed by atoms with Crippen molar-refractivity contribution in [2.45, 2.75) is 38.8 Å². The fourth-order valence-corrected chi connectivity index (χ4v) is 3.84. The van der Waals surface area contributed by atoms with Gasteiger partial charge in [0.25, 0.3) is 0 Å². The first-order valence-corrected chi connectivity index (χ1v) is 6.57. The lowest BCUT2D eigenvalue weighted by Gasteiger charge is -2.30. The van der Waals surface area contributed by atoms with E-state index in [4.69, 9.17) is 9.84 Å². The van der Waals surface area contributed by atoms with Crippen molar-refractivity contribution >= 4 is 5.97 Å². The van der Waals surface area contributed by atoms with Gasteiger partial charge in [0.05, 0.1) is 18.1 Å². The normalized spacial score (nSPS) is 43.3. The number of hydrogen-bond acceptors (Lipinski definition) is 3. The molecule has 3 rings (SSSR count). The molecule has 0 spiro atoms. The Bertz CT molecular complexity index is 340. The van der Waals surface area contributed by atoms with Crippen LogP contribution in [0.1, 0.15) is 26.7 Å². The van der Waals surface area contributed by atoms with Crippen LogP contribution in [0.25, 0.3) is 0 Å². The average Bonchev–Trinajstić information content (AvgIpc) is 2.83. The average molecular weight is 239 g/mol. The summed E-state index contributed by atoms with van der Waals surface area (Å²) in [5, 5.41) is 12.6. The molecule has 2 N–H and O–H groups in total. The van der Waals surface area contributed by atoms with E-state index >= 15 is 0 Å². The van der Waals surface area contributed by atoms with Gasteiger partial charge in [0, 0.05) is 6.04 Å². The Labute approximate surface area is 102 Å². The number of ether oxygens (including phenoxy) is 1. The first-order chi connectivity index (χ1) is 7.99. The molecule has 5 atom stereocenters. The first kappa shape index (κ1) is 11.5. The van der Waals surface area contributed by atoms with E-state index in [0.29, 0.717) is 18.6 Å². The molecule has 3 fully saturated rings.